The maximum absolute atomic E-state index is 6.26. The Hall–Kier alpha value is -1.06. The van der Waals surface area contributed by atoms with Crippen molar-refractivity contribution in [1.29, 1.82) is 0 Å². The third-order valence-corrected chi connectivity index (χ3v) is 12.0. The molecule has 0 saturated heterocycles. The molecule has 2 aromatic rings. The predicted octanol–water partition coefficient (Wildman–Crippen LogP) is 6.23. The van der Waals surface area contributed by atoms with Crippen LogP contribution in [0.4, 0.5) is 0 Å². The first-order valence-electron chi connectivity index (χ1n) is 8.11. The van der Waals surface area contributed by atoms with Crippen molar-refractivity contribution in [2.45, 2.75) is 58.2 Å². The molecule has 120 valence electrons. The van der Waals surface area contributed by atoms with Crippen molar-refractivity contribution in [2.75, 3.05) is 0 Å². The first kappa shape index (κ1) is 17.3. The van der Waals surface area contributed by atoms with Crippen molar-refractivity contribution in [3.8, 4) is 11.1 Å². The second-order valence-electron chi connectivity index (χ2n) is 7.00. The zero-order chi connectivity index (χ0) is 16.5. The summed E-state index contributed by atoms with van der Waals surface area (Å²) in [6.45, 7) is 14.3. The molecule has 0 amide bonds. The minimum Gasteiger partial charge on any atom is -0.379 e. The highest BCUT2D eigenvalue weighted by molar-refractivity contribution is 6.82. The molecule has 0 atom stereocenters. The van der Waals surface area contributed by atoms with Crippen LogP contribution < -0.4 is 0 Å². The standard InChI is InChI=1S/C18H27ClN2Si/c1-13(2)22(14(3)4,15(5)6)21-11-9-16(12-21)17-8-7-10-20-18(17)19/h7-15H,1-6H3. The van der Waals surface area contributed by atoms with Crippen molar-refractivity contribution in [1.82, 2.24) is 9.22 Å². The third kappa shape index (κ3) is 2.77. The van der Waals surface area contributed by atoms with E-state index in [4.69, 9.17) is 11.6 Å². The Bertz CT molecular complexity index is 610. The summed E-state index contributed by atoms with van der Waals surface area (Å²) in [6, 6.07) is 6.16. The van der Waals surface area contributed by atoms with E-state index >= 15 is 0 Å². The molecule has 4 heteroatoms. The summed E-state index contributed by atoms with van der Waals surface area (Å²) < 4.78 is 2.53. The second kappa shape index (κ2) is 6.59. The molecule has 2 heterocycles. The Kier molecular flexibility index (Phi) is 5.18. The molecule has 0 aliphatic carbocycles. The topological polar surface area (TPSA) is 17.8 Å². The molecule has 0 radical (unpaired) electrons. The van der Waals surface area contributed by atoms with E-state index in [0.717, 1.165) is 11.1 Å². The van der Waals surface area contributed by atoms with Crippen LogP contribution >= 0.6 is 11.6 Å². The van der Waals surface area contributed by atoms with Crippen LogP contribution in [0.5, 0.6) is 0 Å². The number of aromatic nitrogens is 2. The van der Waals surface area contributed by atoms with Crippen molar-refractivity contribution >= 4 is 19.8 Å². The van der Waals surface area contributed by atoms with E-state index in [1.54, 1.807) is 6.20 Å². The minimum atomic E-state index is -1.68. The Labute approximate surface area is 140 Å². The van der Waals surface area contributed by atoms with Crippen molar-refractivity contribution in [2.24, 2.45) is 0 Å². The Morgan fingerprint density at radius 3 is 2.09 bits per heavy atom. The highest BCUT2D eigenvalue weighted by Crippen LogP contribution is 2.43. The van der Waals surface area contributed by atoms with Gasteiger partial charge in [-0.05, 0) is 41.0 Å². The molecular weight excluding hydrogens is 308 g/mol. The summed E-state index contributed by atoms with van der Waals surface area (Å²) in [5, 5.41) is 0.575. The lowest BCUT2D eigenvalue weighted by atomic mass is 10.2. The van der Waals surface area contributed by atoms with E-state index in [2.05, 4.69) is 69.2 Å². The molecule has 0 spiro atoms. The number of hydrogen-bond acceptors (Lipinski definition) is 1. The smallest absolute Gasteiger partial charge is 0.168 e. The normalized spacial score (nSPS) is 12.6. The Morgan fingerprint density at radius 2 is 1.59 bits per heavy atom. The van der Waals surface area contributed by atoms with Crippen LogP contribution in [-0.4, -0.2) is 17.5 Å². The van der Waals surface area contributed by atoms with E-state index in [9.17, 15) is 0 Å². The Morgan fingerprint density at radius 1 is 1.00 bits per heavy atom. The molecule has 0 unspecified atom stereocenters. The van der Waals surface area contributed by atoms with Gasteiger partial charge in [-0.3, -0.25) is 0 Å². The molecular formula is C18H27ClN2Si. The van der Waals surface area contributed by atoms with Crippen LogP contribution in [0.3, 0.4) is 0 Å². The number of hydrogen-bond donors (Lipinski definition) is 0. The molecule has 2 aromatic heterocycles. The molecule has 22 heavy (non-hydrogen) atoms. The largest absolute Gasteiger partial charge is 0.379 e. The lowest BCUT2D eigenvalue weighted by molar-refractivity contribution is 0.766. The maximum atomic E-state index is 6.26. The molecule has 0 saturated carbocycles. The lowest BCUT2D eigenvalue weighted by Crippen LogP contribution is -2.51. The summed E-state index contributed by atoms with van der Waals surface area (Å²) in [5.74, 6) is 0. The molecule has 0 fully saturated rings. The van der Waals surface area contributed by atoms with E-state index in [-0.39, 0.29) is 0 Å². The zero-order valence-corrected chi connectivity index (χ0v) is 16.2. The zero-order valence-electron chi connectivity index (χ0n) is 14.5. The summed E-state index contributed by atoms with van der Waals surface area (Å²) in [7, 11) is -1.68. The van der Waals surface area contributed by atoms with Gasteiger partial charge >= 0.3 is 0 Å². The number of rotatable bonds is 5. The van der Waals surface area contributed by atoms with Crippen molar-refractivity contribution < 1.29 is 0 Å². The first-order chi connectivity index (χ1) is 10.3. The third-order valence-electron chi connectivity index (χ3n) is 4.98. The molecule has 2 nitrogen and oxygen atoms in total. The van der Waals surface area contributed by atoms with Crippen LogP contribution in [0.15, 0.2) is 36.8 Å². The average Bonchev–Trinajstić information content (AvgIpc) is 2.88. The summed E-state index contributed by atoms with van der Waals surface area (Å²) in [5.41, 5.74) is 4.21. The Balaban J connectivity index is 2.55. The maximum Gasteiger partial charge on any atom is 0.168 e. The average molecular weight is 335 g/mol. The lowest BCUT2D eigenvalue weighted by Gasteiger charge is -2.44. The number of nitrogens with zero attached hydrogens (tertiary/aromatic N) is 2. The predicted molar refractivity (Wildman–Crippen MR) is 99.1 cm³/mol. The van der Waals surface area contributed by atoms with Gasteiger partial charge in [0.2, 0.25) is 0 Å². The van der Waals surface area contributed by atoms with Crippen molar-refractivity contribution in [3.05, 3.63) is 41.9 Å². The molecule has 0 N–H and O–H groups in total. The molecule has 0 aliphatic rings. The van der Waals surface area contributed by atoms with E-state index in [1.165, 1.54) is 0 Å². The van der Waals surface area contributed by atoms with E-state index in [0.29, 0.717) is 21.8 Å². The molecule has 0 aliphatic heterocycles. The fraction of sp³-hybridized carbons (Fsp3) is 0.500. The van der Waals surface area contributed by atoms with Gasteiger partial charge in [-0.15, -0.1) is 0 Å². The van der Waals surface area contributed by atoms with Gasteiger partial charge in [0.05, 0.1) is 0 Å². The second-order valence-corrected chi connectivity index (χ2v) is 13.1. The number of pyridine rings is 1. The molecule has 0 bridgehead atoms. The summed E-state index contributed by atoms with van der Waals surface area (Å²) >= 11 is 6.26. The van der Waals surface area contributed by atoms with Crippen LogP contribution in [0.2, 0.25) is 21.8 Å². The number of halogens is 1. The molecule has 2 rings (SSSR count). The highest BCUT2D eigenvalue weighted by Gasteiger charge is 2.44. The van der Waals surface area contributed by atoms with Gasteiger partial charge in [0.1, 0.15) is 5.15 Å². The summed E-state index contributed by atoms with van der Waals surface area (Å²) in [4.78, 5) is 4.20. The van der Waals surface area contributed by atoms with Gasteiger partial charge in [0.25, 0.3) is 0 Å². The van der Waals surface area contributed by atoms with Crippen LogP contribution in [0.25, 0.3) is 11.1 Å². The van der Waals surface area contributed by atoms with Gasteiger partial charge in [-0.1, -0.05) is 53.1 Å². The van der Waals surface area contributed by atoms with Gasteiger partial charge < -0.3 is 4.23 Å². The quantitative estimate of drug-likeness (QED) is 0.468. The minimum absolute atomic E-state index is 0.575. The van der Waals surface area contributed by atoms with Gasteiger partial charge in [0, 0.05) is 23.5 Å². The van der Waals surface area contributed by atoms with Gasteiger partial charge in [-0.2, -0.15) is 0 Å². The highest BCUT2D eigenvalue weighted by atomic mass is 35.5. The van der Waals surface area contributed by atoms with Crippen molar-refractivity contribution in [3.63, 3.8) is 0 Å². The monoisotopic (exact) mass is 334 g/mol. The van der Waals surface area contributed by atoms with E-state index in [1.807, 2.05) is 12.1 Å². The first-order valence-corrected chi connectivity index (χ1v) is 10.7. The van der Waals surface area contributed by atoms with Gasteiger partial charge in [0.15, 0.2) is 8.24 Å². The molecule has 0 aromatic carbocycles. The van der Waals surface area contributed by atoms with Gasteiger partial charge in [-0.25, -0.2) is 4.98 Å². The SMILES string of the molecule is CC(C)[Si](C(C)C)(C(C)C)n1ccc(-c2cccnc2Cl)c1. The fourth-order valence-corrected chi connectivity index (χ4v) is 11.0. The van der Waals surface area contributed by atoms with Crippen LogP contribution in [-0.2, 0) is 0 Å². The van der Waals surface area contributed by atoms with Crippen LogP contribution in [0, 0.1) is 0 Å². The fourth-order valence-electron chi connectivity index (χ4n) is 4.29. The summed E-state index contributed by atoms with van der Waals surface area (Å²) in [6.07, 6.45) is 6.28. The van der Waals surface area contributed by atoms with Crippen LogP contribution in [0.1, 0.15) is 41.5 Å². The van der Waals surface area contributed by atoms with E-state index < -0.39 is 8.24 Å².